The number of amides is 5. The Hall–Kier alpha value is -4.61. The van der Waals surface area contributed by atoms with E-state index >= 15 is 0 Å². The topological polar surface area (TPSA) is 906 Å². The van der Waals surface area contributed by atoms with Gasteiger partial charge in [-0.15, -0.1) is 0 Å². The summed E-state index contributed by atoms with van der Waals surface area (Å²) in [6.45, 7) is -3.35. The normalized spacial score (nSPS) is 49.5. The molecule has 135 heavy (non-hydrogen) atoms. The van der Waals surface area contributed by atoms with E-state index in [1.54, 1.807) is 0 Å². The third kappa shape index (κ3) is 24.7. The minimum atomic E-state index is -2.73. The van der Waals surface area contributed by atoms with Crippen molar-refractivity contribution < 1.29 is 266 Å². The quantitative estimate of drug-likeness (QED) is 0.0284. The summed E-state index contributed by atoms with van der Waals surface area (Å²) >= 11 is 0. The van der Waals surface area contributed by atoms with E-state index in [4.69, 9.17) is 99.5 Å². The van der Waals surface area contributed by atoms with Crippen LogP contribution in [0.15, 0.2) is 0 Å². The van der Waals surface area contributed by atoms with E-state index in [1.165, 1.54) is 13.8 Å². The van der Waals surface area contributed by atoms with Crippen LogP contribution in [0.3, 0.4) is 0 Å². The Morgan fingerprint density at radius 3 is 0.963 bits per heavy atom. The predicted molar refractivity (Wildman–Crippen MR) is 417 cm³/mol. The van der Waals surface area contributed by atoms with E-state index in [1.807, 2.05) is 0 Å². The Labute approximate surface area is 765 Å². The molecule has 0 bridgehead atoms. The van der Waals surface area contributed by atoms with Crippen molar-refractivity contribution >= 4 is 29.5 Å². The standard InChI is InChI=1S/C76H127N5O54/c1-17-38(94)49(105)53(109)71(117-17)115-16-32-60(47(103)33(66(114)119-32)77-19(3)89)129-69-36(80-22(6)92)48(104)58(28(12-86)124-69)130-74-57(113)63(44(100)31(127-74)15-116-75-64(52(108)43(99)27(11-85)123-75)134-67-34(78-20(4)90)45(101)40(96)24(8-82)120-67)133-76-65(135-68-35(79-21(5)91)46(102)41(97)25(9-83)121-68)56(112)59(29(13-87)126-76)128-70-37(81-23(7)93)62(132-72-54(110)50(106)39(95)18(2)118-72)61(30(14-88)125-70)131-73-55(111)51(107)42(98)26(10-84)122-73/h17-18,24-76,82-88,94-114H,8-16H2,1-7H3,(H,77,89)(H,78,90)(H,79,91)(H,80,92)(H,81,93)/t17-,18-,24-,25-,26-,27-,28-,29-,30-,31-,32-,33-,34-,35-,36-,37-,38+,39+,40-,41-,42+,43-,44-,45-,46-,47-,48-,49+,50+,51+,52+,53-,54-,55-,56+,57+,58-,59-,60-,61-,62-,63+,64+,65+,66-,67+,68+,69+,70+,71+,72-,73+,74+,75+,76-/m1/s1. The monoisotopic (exact) mass is 1970 g/mol. The number of ether oxygens (including phenoxy) is 21. The smallest absolute Gasteiger partial charge is 0.217 e. The Balaban J connectivity index is 0.985. The molecule has 33 N–H and O–H groups in total. The summed E-state index contributed by atoms with van der Waals surface area (Å²) in [6, 6.07) is -9.77. The number of hydrogen-bond acceptors (Lipinski definition) is 54. The van der Waals surface area contributed by atoms with Gasteiger partial charge in [0, 0.05) is 34.6 Å². The first kappa shape index (κ1) is 111. The molecule has 11 rings (SSSR count). The molecule has 59 nitrogen and oxygen atoms in total. The van der Waals surface area contributed by atoms with Gasteiger partial charge in [-0.25, -0.2) is 0 Å². The highest BCUT2D eigenvalue weighted by atomic mass is 16.8. The average molecular weight is 1970 g/mol. The average Bonchev–Trinajstić information content (AvgIpc) is 0.749. The minimum Gasteiger partial charge on any atom is -0.394 e. The molecule has 0 aliphatic carbocycles. The van der Waals surface area contributed by atoms with Gasteiger partial charge in [0.15, 0.2) is 69.2 Å². The fraction of sp³-hybridized carbons (Fsp3) is 0.934. The largest absolute Gasteiger partial charge is 0.394 e. The maximum Gasteiger partial charge on any atom is 0.217 e. The summed E-state index contributed by atoms with van der Waals surface area (Å²) in [5, 5.41) is 329. The lowest BCUT2D eigenvalue weighted by Gasteiger charge is -2.52. The van der Waals surface area contributed by atoms with E-state index in [0.717, 1.165) is 34.6 Å². The Morgan fingerprint density at radius 2 is 0.489 bits per heavy atom. The number of aliphatic hydroxyl groups is 28. The van der Waals surface area contributed by atoms with Crippen molar-refractivity contribution in [2.45, 2.75) is 386 Å². The van der Waals surface area contributed by atoms with Crippen LogP contribution in [0.25, 0.3) is 0 Å². The molecule has 0 saturated carbocycles. The van der Waals surface area contributed by atoms with Gasteiger partial charge in [0.1, 0.15) is 256 Å². The first-order valence-corrected chi connectivity index (χ1v) is 43.4. The molecule has 11 heterocycles. The van der Waals surface area contributed by atoms with Crippen LogP contribution in [0.2, 0.25) is 0 Å². The van der Waals surface area contributed by atoms with Gasteiger partial charge < -0.3 is 269 Å². The van der Waals surface area contributed by atoms with Gasteiger partial charge in [-0.05, 0) is 13.8 Å². The molecular weight excluding hydrogens is 1850 g/mol. The maximum atomic E-state index is 13.7. The molecular formula is C76H127N5O54. The van der Waals surface area contributed by atoms with Crippen molar-refractivity contribution in [2.75, 3.05) is 59.5 Å². The van der Waals surface area contributed by atoms with Gasteiger partial charge in [0.2, 0.25) is 29.5 Å². The van der Waals surface area contributed by atoms with Gasteiger partial charge in [0.05, 0.1) is 71.7 Å². The molecule has 11 saturated heterocycles. The zero-order valence-corrected chi connectivity index (χ0v) is 73.3. The SMILES string of the molecule is CC(=O)N[C@@H]1[C@@H](O)[C@H](O[C@@H]2O[C@H](CO)[C@@H](O[C@@H]3O[C@H](CO[C@H]4O[C@H](CO)[C@@H](O)[C@H](O)[C@@H]4O[C@@H]4O[C@H](CO)[C@@H](O)[C@H](O)[C@H]4NC(C)=O)[C@@H](O)[C@H](O[C@H]4O[C@H](CO)[C@@H](O[C@@H]5O[C@H](CO)[C@@H](O[C@@H]6O[C@H](CO)[C@H](O)[C@H](O)[C@H]6O)[C@H](O[C@H]6O[C@H](C)[C@H](O)[C@H](O)[C@H]6O)[C@H]5NC(C)=O)[C@H](O)[C@@H]4O[C@@H]4O[C@H](CO)[C@@H](O)[C@H](O)[C@H]4NC(C)=O)[C@@H]3O)[C@H](O)[C@H]2NC(C)=O)[C@@H](CO[C@H]2O[C@H](C)[C@H](O)[C@H](O)[C@H]2O)O[C@H]1O. The van der Waals surface area contributed by atoms with Crippen LogP contribution >= 0.6 is 0 Å². The summed E-state index contributed by atoms with van der Waals surface area (Å²) in [6.07, 6.45) is -106. The van der Waals surface area contributed by atoms with Gasteiger partial charge in [-0.2, -0.15) is 0 Å². The van der Waals surface area contributed by atoms with Crippen LogP contribution < -0.4 is 26.6 Å². The van der Waals surface area contributed by atoms with Gasteiger partial charge in [-0.3, -0.25) is 24.0 Å². The van der Waals surface area contributed by atoms with Crippen LogP contribution in [-0.4, -0.2) is 569 Å². The number of hydrogen-bond donors (Lipinski definition) is 33. The van der Waals surface area contributed by atoms with E-state index in [0.29, 0.717) is 0 Å². The number of carbonyl (C=O) groups is 5. The third-order valence-corrected chi connectivity index (χ3v) is 24.9. The zero-order chi connectivity index (χ0) is 99.4. The fourth-order valence-electron chi connectivity index (χ4n) is 17.6. The molecule has 55 atom stereocenters. The first-order chi connectivity index (χ1) is 63.8. The molecule has 0 aromatic heterocycles. The second-order valence-electron chi connectivity index (χ2n) is 34.5. The first-order valence-electron chi connectivity index (χ1n) is 43.4. The molecule has 11 fully saturated rings. The molecule has 5 amide bonds. The molecule has 0 aromatic rings. The minimum absolute atomic E-state index is 0.865. The van der Waals surface area contributed by atoms with Gasteiger partial charge >= 0.3 is 0 Å². The highest BCUT2D eigenvalue weighted by Gasteiger charge is 2.63. The lowest BCUT2D eigenvalue weighted by atomic mass is 9.93. The Bertz CT molecular complexity index is 3750. The summed E-state index contributed by atoms with van der Waals surface area (Å²) in [5.74, 6) is -4.81. The Kier molecular flexibility index (Phi) is 39.5. The van der Waals surface area contributed by atoms with Crippen molar-refractivity contribution in [3.8, 4) is 0 Å². The molecule has 59 heteroatoms. The summed E-state index contributed by atoms with van der Waals surface area (Å²) in [5.41, 5.74) is 0. The number of carbonyl (C=O) groups excluding carboxylic acids is 5. The molecule has 0 spiro atoms. The maximum absolute atomic E-state index is 13.7. The summed E-state index contributed by atoms with van der Waals surface area (Å²) in [7, 11) is 0. The van der Waals surface area contributed by atoms with Crippen LogP contribution in [0.4, 0.5) is 0 Å². The number of rotatable bonds is 34. The van der Waals surface area contributed by atoms with Crippen molar-refractivity contribution in [1.82, 2.24) is 26.6 Å². The second-order valence-corrected chi connectivity index (χ2v) is 34.5. The Morgan fingerprint density at radius 1 is 0.207 bits per heavy atom. The van der Waals surface area contributed by atoms with Crippen LogP contribution in [0, 0.1) is 0 Å². The molecule has 11 aliphatic rings. The lowest BCUT2D eigenvalue weighted by molar-refractivity contribution is -0.407. The number of nitrogens with one attached hydrogen (secondary N) is 5. The zero-order valence-electron chi connectivity index (χ0n) is 73.3. The predicted octanol–water partition coefficient (Wildman–Crippen LogP) is -22.2. The highest BCUT2D eigenvalue weighted by Crippen LogP contribution is 2.42. The second kappa shape index (κ2) is 48.2. The number of aliphatic hydroxyl groups excluding tert-OH is 28. The van der Waals surface area contributed by atoms with Gasteiger partial charge in [0.25, 0.3) is 0 Å². The van der Waals surface area contributed by atoms with Crippen molar-refractivity contribution in [3.63, 3.8) is 0 Å². The lowest BCUT2D eigenvalue weighted by Crippen LogP contribution is -2.72. The molecule has 0 aromatic carbocycles. The fourth-order valence-corrected chi connectivity index (χ4v) is 17.6. The summed E-state index contributed by atoms with van der Waals surface area (Å²) in [4.78, 5) is 65.3. The molecule has 0 unspecified atom stereocenters. The van der Waals surface area contributed by atoms with Crippen molar-refractivity contribution in [3.05, 3.63) is 0 Å². The van der Waals surface area contributed by atoms with E-state index in [-0.39, 0.29) is 0 Å². The van der Waals surface area contributed by atoms with Crippen molar-refractivity contribution in [1.29, 1.82) is 0 Å². The van der Waals surface area contributed by atoms with E-state index in [9.17, 15) is 167 Å². The van der Waals surface area contributed by atoms with Gasteiger partial charge in [-0.1, -0.05) is 0 Å². The van der Waals surface area contributed by atoms with Crippen LogP contribution in [-0.2, 0) is 123 Å². The molecule has 0 radical (unpaired) electrons. The summed E-state index contributed by atoms with van der Waals surface area (Å²) < 4.78 is 128. The van der Waals surface area contributed by atoms with Crippen LogP contribution in [0.1, 0.15) is 48.5 Å². The third-order valence-electron chi connectivity index (χ3n) is 24.9. The highest BCUT2D eigenvalue weighted by molar-refractivity contribution is 5.75. The molecule has 11 aliphatic heterocycles. The molecule has 780 valence electrons. The van der Waals surface area contributed by atoms with E-state index < -0.39 is 426 Å². The van der Waals surface area contributed by atoms with Crippen LogP contribution in [0.5, 0.6) is 0 Å². The van der Waals surface area contributed by atoms with E-state index in [2.05, 4.69) is 26.6 Å². The van der Waals surface area contributed by atoms with Crippen molar-refractivity contribution in [2.24, 2.45) is 0 Å².